The minimum Gasteiger partial charge on any atom is -0.385 e. The van der Waals surface area contributed by atoms with E-state index in [1.165, 1.54) is 25.3 Å². The van der Waals surface area contributed by atoms with E-state index in [1.54, 1.807) is 19.1 Å². The fourth-order valence-corrected chi connectivity index (χ4v) is 2.68. The summed E-state index contributed by atoms with van der Waals surface area (Å²) >= 11 is 5.25. The summed E-state index contributed by atoms with van der Waals surface area (Å²) in [5, 5.41) is 0. The quantitative estimate of drug-likeness (QED) is 0.377. The Bertz CT molecular complexity index is 648. The van der Waals surface area contributed by atoms with Gasteiger partial charge in [0.25, 0.3) is 0 Å². The smallest absolute Gasteiger partial charge is 0.385 e. The first-order valence-corrected chi connectivity index (χ1v) is 7.65. The topological polar surface area (TPSA) is 26.3 Å². The highest BCUT2D eigenvalue weighted by molar-refractivity contribution is 7.80. The second-order valence-corrected chi connectivity index (χ2v) is 5.87. The number of aldehydes is 1. The second-order valence-electron chi connectivity index (χ2n) is 5.22. The van der Waals surface area contributed by atoms with E-state index in [4.69, 9.17) is 17.0 Å². The van der Waals surface area contributed by atoms with Crippen LogP contribution in [0.1, 0.15) is 24.5 Å². The number of rotatable bonds is 8. The molecule has 0 saturated heterocycles. The van der Waals surface area contributed by atoms with Crippen LogP contribution in [0.25, 0.3) is 11.1 Å². The lowest BCUT2D eigenvalue weighted by molar-refractivity contribution is -0.104. The van der Waals surface area contributed by atoms with Crippen LogP contribution in [0.15, 0.2) is 36.9 Å². The number of methoxy groups -OCH3 is 1. The van der Waals surface area contributed by atoms with Gasteiger partial charge in [0.05, 0.1) is 5.57 Å². The first-order valence-electron chi connectivity index (χ1n) is 7.24. The van der Waals surface area contributed by atoms with Crippen molar-refractivity contribution in [2.45, 2.75) is 19.5 Å². The molecule has 1 aromatic carbocycles. The summed E-state index contributed by atoms with van der Waals surface area (Å²) < 4.78 is 44.3. The molecule has 24 heavy (non-hydrogen) atoms. The van der Waals surface area contributed by atoms with Crippen LogP contribution in [0.3, 0.4) is 0 Å². The molecule has 0 radical (unpaired) electrons. The number of alkyl halides is 3. The molecule has 0 bridgehead atoms. The molecule has 0 spiro atoms. The third-order valence-corrected chi connectivity index (χ3v) is 3.91. The van der Waals surface area contributed by atoms with Crippen LogP contribution >= 0.6 is 12.2 Å². The molecular formula is C18H19F3O2S. The van der Waals surface area contributed by atoms with Crippen LogP contribution in [-0.2, 0) is 9.53 Å². The molecule has 130 valence electrons. The van der Waals surface area contributed by atoms with Crippen molar-refractivity contribution >= 4 is 34.5 Å². The summed E-state index contributed by atoms with van der Waals surface area (Å²) in [4.78, 5) is 11.6. The zero-order valence-corrected chi connectivity index (χ0v) is 14.3. The number of ether oxygens (including phenoxy) is 1. The van der Waals surface area contributed by atoms with Gasteiger partial charge in [-0.3, -0.25) is 4.79 Å². The predicted octanol–water partition coefficient (Wildman–Crippen LogP) is 4.89. The summed E-state index contributed by atoms with van der Waals surface area (Å²) in [6.45, 7) is 5.24. The van der Waals surface area contributed by atoms with Crippen LogP contribution in [0, 0.1) is 5.92 Å². The van der Waals surface area contributed by atoms with E-state index in [-0.39, 0.29) is 11.5 Å². The monoisotopic (exact) mass is 356 g/mol. The van der Waals surface area contributed by atoms with Crippen LogP contribution < -0.4 is 0 Å². The zero-order valence-electron chi connectivity index (χ0n) is 13.5. The van der Waals surface area contributed by atoms with Gasteiger partial charge in [-0.1, -0.05) is 43.1 Å². The van der Waals surface area contributed by atoms with Crippen LogP contribution in [0.2, 0.25) is 0 Å². The van der Waals surface area contributed by atoms with Crippen molar-refractivity contribution < 1.29 is 22.7 Å². The average Bonchev–Trinajstić information content (AvgIpc) is 2.52. The fraction of sp³-hybridized carbons (Fsp3) is 0.333. The first kappa shape index (κ1) is 20.3. The maximum atomic E-state index is 13.1. The Hall–Kier alpha value is -1.79. The Morgan fingerprint density at radius 2 is 1.92 bits per heavy atom. The standard InChI is InChI=1S/C18H19F3O2S/c1-12(18(19,20)21)14-6-4-5-7-16(14)17(8-10-22)15(13(2)24)9-11-23-3/h4-8,10,15H,1,9,11H2,2-3H3/b17-8+. The van der Waals surface area contributed by atoms with E-state index in [1.807, 2.05) is 0 Å². The van der Waals surface area contributed by atoms with Crippen molar-refractivity contribution in [2.24, 2.45) is 5.92 Å². The van der Waals surface area contributed by atoms with Gasteiger partial charge in [0, 0.05) is 19.6 Å². The maximum absolute atomic E-state index is 13.1. The maximum Gasteiger partial charge on any atom is 0.416 e. The molecule has 1 rings (SSSR count). The van der Waals surface area contributed by atoms with Crippen LogP contribution in [0.4, 0.5) is 13.2 Å². The molecule has 1 unspecified atom stereocenters. The SMILES string of the molecule is C=C(c1ccccc1/C(=C/C=O)C(CCOC)C(C)=S)C(F)(F)F. The molecule has 0 N–H and O–H groups in total. The number of hydrogen-bond acceptors (Lipinski definition) is 3. The number of hydrogen-bond donors (Lipinski definition) is 0. The Kier molecular flexibility index (Phi) is 7.51. The van der Waals surface area contributed by atoms with Crippen molar-refractivity contribution in [1.29, 1.82) is 0 Å². The molecule has 0 amide bonds. The Morgan fingerprint density at radius 1 is 1.33 bits per heavy atom. The average molecular weight is 356 g/mol. The predicted molar refractivity (Wildman–Crippen MR) is 93.8 cm³/mol. The third kappa shape index (κ3) is 5.11. The van der Waals surface area contributed by atoms with Gasteiger partial charge in [0.1, 0.15) is 6.29 Å². The summed E-state index contributed by atoms with van der Waals surface area (Å²) in [6.07, 6.45) is -2.27. The number of benzene rings is 1. The van der Waals surface area contributed by atoms with Crippen molar-refractivity contribution in [2.75, 3.05) is 13.7 Å². The second kappa shape index (κ2) is 8.89. The molecule has 0 fully saturated rings. The van der Waals surface area contributed by atoms with Crippen molar-refractivity contribution in [3.63, 3.8) is 0 Å². The lowest BCUT2D eigenvalue weighted by atomic mass is 9.84. The summed E-state index contributed by atoms with van der Waals surface area (Å²) in [5.41, 5.74) is -0.271. The van der Waals surface area contributed by atoms with Gasteiger partial charge in [0.15, 0.2) is 0 Å². The highest BCUT2D eigenvalue weighted by Crippen LogP contribution is 2.38. The molecule has 1 aromatic rings. The minimum atomic E-state index is -4.56. The molecule has 1 atom stereocenters. The Labute approximate surface area is 145 Å². The number of carbonyl (C=O) groups excluding carboxylic acids is 1. The number of thiocarbonyl (C=S) groups is 1. The largest absolute Gasteiger partial charge is 0.416 e. The molecule has 0 aliphatic heterocycles. The zero-order chi connectivity index (χ0) is 18.3. The third-order valence-electron chi connectivity index (χ3n) is 3.63. The lowest BCUT2D eigenvalue weighted by Gasteiger charge is -2.23. The summed E-state index contributed by atoms with van der Waals surface area (Å²) in [6, 6.07) is 6.01. The van der Waals surface area contributed by atoms with Gasteiger partial charge >= 0.3 is 6.18 Å². The van der Waals surface area contributed by atoms with Crippen molar-refractivity contribution in [3.8, 4) is 0 Å². The first-order chi connectivity index (χ1) is 11.2. The molecule has 0 aliphatic carbocycles. The highest BCUT2D eigenvalue weighted by Gasteiger charge is 2.35. The molecule has 0 heterocycles. The molecule has 0 aliphatic rings. The molecule has 0 aromatic heterocycles. The number of carbonyl (C=O) groups is 1. The minimum absolute atomic E-state index is 0.0585. The van der Waals surface area contributed by atoms with Gasteiger partial charge in [-0.2, -0.15) is 13.2 Å². The molecule has 2 nitrogen and oxygen atoms in total. The van der Waals surface area contributed by atoms with Gasteiger partial charge in [-0.25, -0.2) is 0 Å². The van der Waals surface area contributed by atoms with E-state index in [0.29, 0.717) is 35.3 Å². The normalized spacial score (nSPS) is 13.5. The lowest BCUT2D eigenvalue weighted by Crippen LogP contribution is -2.17. The van der Waals surface area contributed by atoms with Crippen LogP contribution in [0.5, 0.6) is 0 Å². The molecule has 0 saturated carbocycles. The fourth-order valence-electron chi connectivity index (χ4n) is 2.43. The number of halogens is 3. The van der Waals surface area contributed by atoms with E-state index in [2.05, 4.69) is 6.58 Å². The van der Waals surface area contributed by atoms with E-state index in [9.17, 15) is 18.0 Å². The summed E-state index contributed by atoms with van der Waals surface area (Å²) in [7, 11) is 1.53. The van der Waals surface area contributed by atoms with Gasteiger partial charge in [0.2, 0.25) is 0 Å². The van der Waals surface area contributed by atoms with Crippen LogP contribution in [-0.4, -0.2) is 31.0 Å². The molecule has 6 heteroatoms. The van der Waals surface area contributed by atoms with E-state index >= 15 is 0 Å². The van der Waals surface area contributed by atoms with Gasteiger partial charge < -0.3 is 4.74 Å². The number of allylic oxidation sites excluding steroid dienone is 3. The van der Waals surface area contributed by atoms with E-state index in [0.717, 1.165) is 0 Å². The van der Waals surface area contributed by atoms with Crippen molar-refractivity contribution in [3.05, 3.63) is 48.0 Å². The Balaban J connectivity index is 3.47. The highest BCUT2D eigenvalue weighted by atomic mass is 32.1. The summed E-state index contributed by atoms with van der Waals surface area (Å²) in [5.74, 6) is -0.368. The Morgan fingerprint density at radius 3 is 2.38 bits per heavy atom. The van der Waals surface area contributed by atoms with Gasteiger partial charge in [-0.15, -0.1) is 0 Å². The van der Waals surface area contributed by atoms with E-state index < -0.39 is 11.7 Å². The van der Waals surface area contributed by atoms with Gasteiger partial charge in [-0.05, 0) is 41.0 Å². The molecular weight excluding hydrogens is 337 g/mol. The van der Waals surface area contributed by atoms with Crippen molar-refractivity contribution in [1.82, 2.24) is 0 Å².